The van der Waals surface area contributed by atoms with Crippen molar-refractivity contribution in [1.82, 2.24) is 9.47 Å². The maximum atomic E-state index is 13.3. The molecule has 8 heteroatoms. The quantitative estimate of drug-likeness (QED) is 0.562. The summed E-state index contributed by atoms with van der Waals surface area (Å²) in [4.78, 5) is 38.6. The molecule has 1 saturated heterocycles. The molecule has 3 aromatic rings. The molecule has 1 aliphatic rings. The first kappa shape index (κ1) is 21.6. The van der Waals surface area contributed by atoms with E-state index in [-0.39, 0.29) is 10.6 Å². The number of halogens is 1. The number of hydrogen-bond donors (Lipinski definition) is 1. The fourth-order valence-electron chi connectivity index (χ4n) is 3.41. The van der Waals surface area contributed by atoms with E-state index < -0.39 is 29.4 Å². The Bertz CT molecular complexity index is 1260. The summed E-state index contributed by atoms with van der Waals surface area (Å²) in [7, 11) is 0. The highest BCUT2D eigenvalue weighted by Crippen LogP contribution is 2.33. The number of nitrogens with zero attached hydrogens (tertiary/aromatic N) is 2. The number of thioether (sulfide) groups is 1. The summed E-state index contributed by atoms with van der Waals surface area (Å²) in [6.07, 6.45) is 3.54. The van der Waals surface area contributed by atoms with E-state index in [9.17, 15) is 18.8 Å². The summed E-state index contributed by atoms with van der Waals surface area (Å²) >= 11 is 0.787. The highest BCUT2D eigenvalue weighted by atomic mass is 32.2. The summed E-state index contributed by atoms with van der Waals surface area (Å²) in [6.45, 7) is 3.61. The van der Waals surface area contributed by atoms with Crippen LogP contribution in [0.2, 0.25) is 0 Å². The van der Waals surface area contributed by atoms with Gasteiger partial charge in [0.05, 0.1) is 4.91 Å². The van der Waals surface area contributed by atoms with Crippen LogP contribution in [0.15, 0.2) is 65.7 Å². The largest absolute Gasteiger partial charge is 0.324 e. The van der Waals surface area contributed by atoms with Gasteiger partial charge in [-0.2, -0.15) is 0 Å². The summed E-state index contributed by atoms with van der Waals surface area (Å²) in [5, 5.41) is 1.97. The summed E-state index contributed by atoms with van der Waals surface area (Å²) in [6, 6.07) is 15.1. The number of amides is 3. The maximum absolute atomic E-state index is 13.3. The molecule has 0 atom stereocenters. The number of aromatic nitrogens is 1. The zero-order valence-corrected chi connectivity index (χ0v) is 18.3. The second kappa shape index (κ2) is 8.84. The topological polar surface area (TPSA) is 71.4 Å². The predicted molar refractivity (Wildman–Crippen MR) is 123 cm³/mol. The van der Waals surface area contributed by atoms with Gasteiger partial charge in [-0.25, -0.2) is 4.39 Å². The van der Waals surface area contributed by atoms with E-state index in [1.807, 2.05) is 54.9 Å². The lowest BCUT2D eigenvalue weighted by Gasteiger charge is -2.13. The summed E-state index contributed by atoms with van der Waals surface area (Å²) in [5.41, 5.74) is 4.24. The van der Waals surface area contributed by atoms with E-state index in [2.05, 4.69) is 5.32 Å². The standard InChI is InChI=1S/C24H20FN3O3S/c1-15-6-3-10-20(16(15)2)27-11-5-9-19(27)13-21-23(30)28(24(31)32-21)14-22(29)26-18-8-4-7-17(25)12-18/h3-13H,14H2,1-2H3,(H,26,29)/b21-13+. The molecule has 1 fully saturated rings. The zero-order chi connectivity index (χ0) is 22.8. The predicted octanol–water partition coefficient (Wildman–Crippen LogP) is 4.91. The van der Waals surface area contributed by atoms with Gasteiger partial charge >= 0.3 is 0 Å². The number of nitrogens with one attached hydrogen (secondary N) is 1. The van der Waals surface area contributed by atoms with Crippen molar-refractivity contribution in [2.45, 2.75) is 13.8 Å². The third-order valence-electron chi connectivity index (χ3n) is 5.18. The lowest BCUT2D eigenvalue weighted by atomic mass is 10.1. The molecule has 2 heterocycles. The highest BCUT2D eigenvalue weighted by molar-refractivity contribution is 8.18. The van der Waals surface area contributed by atoms with Gasteiger partial charge in [-0.3, -0.25) is 19.3 Å². The molecule has 1 aromatic heterocycles. The molecule has 2 aromatic carbocycles. The number of anilines is 1. The first-order valence-electron chi connectivity index (χ1n) is 9.88. The molecule has 1 N–H and O–H groups in total. The number of benzene rings is 2. The maximum Gasteiger partial charge on any atom is 0.294 e. The number of carbonyl (C=O) groups excluding carboxylic acids is 3. The molecule has 6 nitrogen and oxygen atoms in total. The van der Waals surface area contributed by atoms with Gasteiger partial charge in [0.1, 0.15) is 12.4 Å². The SMILES string of the molecule is Cc1cccc(-n2cccc2/C=C2/SC(=O)N(CC(=O)Nc3cccc(F)c3)C2=O)c1C. The molecule has 1 aliphatic heterocycles. The molecule has 0 saturated carbocycles. The summed E-state index contributed by atoms with van der Waals surface area (Å²) in [5.74, 6) is -1.62. The van der Waals surface area contributed by atoms with Crippen molar-refractivity contribution in [1.29, 1.82) is 0 Å². The Balaban J connectivity index is 1.53. The van der Waals surface area contributed by atoms with Crippen molar-refractivity contribution in [3.05, 3.63) is 88.3 Å². The Kier molecular flexibility index (Phi) is 5.96. The Labute approximate surface area is 188 Å². The van der Waals surface area contributed by atoms with Crippen LogP contribution in [0.4, 0.5) is 14.9 Å². The van der Waals surface area contributed by atoms with E-state index in [0.717, 1.165) is 45.2 Å². The first-order valence-corrected chi connectivity index (χ1v) is 10.7. The molecule has 0 unspecified atom stereocenters. The van der Waals surface area contributed by atoms with Crippen LogP contribution < -0.4 is 5.32 Å². The number of hydrogen-bond acceptors (Lipinski definition) is 4. The minimum absolute atomic E-state index is 0.235. The van der Waals surface area contributed by atoms with E-state index in [1.165, 1.54) is 18.2 Å². The fraction of sp³-hybridized carbons (Fsp3) is 0.125. The number of imide groups is 1. The normalized spacial score (nSPS) is 15.0. The molecule has 3 amide bonds. The minimum Gasteiger partial charge on any atom is -0.324 e. The van der Waals surface area contributed by atoms with E-state index in [4.69, 9.17) is 0 Å². The summed E-state index contributed by atoms with van der Waals surface area (Å²) < 4.78 is 15.2. The van der Waals surface area contributed by atoms with Crippen LogP contribution in [0, 0.1) is 19.7 Å². The van der Waals surface area contributed by atoms with Gasteiger partial charge in [0.2, 0.25) is 5.91 Å². The Hall–Kier alpha value is -3.65. The molecule has 32 heavy (non-hydrogen) atoms. The van der Waals surface area contributed by atoms with E-state index in [0.29, 0.717) is 0 Å². The van der Waals surface area contributed by atoms with Crippen LogP contribution in [0.3, 0.4) is 0 Å². The molecule has 162 valence electrons. The molecule has 0 aliphatic carbocycles. The highest BCUT2D eigenvalue weighted by Gasteiger charge is 2.36. The molecule has 4 rings (SSSR count). The average molecular weight is 450 g/mol. The average Bonchev–Trinajstić information content (AvgIpc) is 3.30. The fourth-order valence-corrected chi connectivity index (χ4v) is 4.23. The van der Waals surface area contributed by atoms with Gasteiger partial charge in [0, 0.05) is 23.3 Å². The zero-order valence-electron chi connectivity index (χ0n) is 17.5. The second-order valence-electron chi connectivity index (χ2n) is 7.35. The van der Waals surface area contributed by atoms with E-state index in [1.54, 1.807) is 6.08 Å². The lowest BCUT2D eigenvalue weighted by Crippen LogP contribution is -2.36. The third kappa shape index (κ3) is 4.36. The first-order chi connectivity index (χ1) is 15.3. The van der Waals surface area contributed by atoms with Gasteiger partial charge < -0.3 is 9.88 Å². The van der Waals surface area contributed by atoms with Crippen molar-refractivity contribution in [2.24, 2.45) is 0 Å². The Morgan fingerprint density at radius 3 is 2.66 bits per heavy atom. The Morgan fingerprint density at radius 2 is 1.88 bits per heavy atom. The van der Waals surface area contributed by atoms with Crippen molar-refractivity contribution >= 4 is 40.6 Å². The number of carbonyl (C=O) groups is 3. The molecular formula is C24H20FN3O3S. The van der Waals surface area contributed by atoms with Crippen LogP contribution in [-0.2, 0) is 9.59 Å². The smallest absolute Gasteiger partial charge is 0.294 e. The van der Waals surface area contributed by atoms with Crippen LogP contribution in [-0.4, -0.2) is 33.1 Å². The van der Waals surface area contributed by atoms with Gasteiger partial charge in [-0.1, -0.05) is 18.2 Å². The third-order valence-corrected chi connectivity index (χ3v) is 6.09. The number of aryl methyl sites for hydroxylation is 1. The molecular weight excluding hydrogens is 429 g/mol. The Morgan fingerprint density at radius 1 is 1.09 bits per heavy atom. The lowest BCUT2D eigenvalue weighted by molar-refractivity contribution is -0.127. The van der Waals surface area contributed by atoms with Gasteiger partial charge in [-0.15, -0.1) is 0 Å². The van der Waals surface area contributed by atoms with Crippen molar-refractivity contribution in [2.75, 3.05) is 11.9 Å². The van der Waals surface area contributed by atoms with Crippen LogP contribution >= 0.6 is 11.8 Å². The minimum atomic E-state index is -0.585. The van der Waals surface area contributed by atoms with Crippen LogP contribution in [0.5, 0.6) is 0 Å². The van der Waals surface area contributed by atoms with Gasteiger partial charge in [-0.05, 0) is 79.2 Å². The van der Waals surface area contributed by atoms with Crippen molar-refractivity contribution < 1.29 is 18.8 Å². The number of rotatable bonds is 5. The molecule has 0 bridgehead atoms. The second-order valence-corrected chi connectivity index (χ2v) is 8.34. The molecule has 0 spiro atoms. The molecule has 0 radical (unpaired) electrons. The van der Waals surface area contributed by atoms with Crippen molar-refractivity contribution in [3.63, 3.8) is 0 Å². The van der Waals surface area contributed by atoms with Gasteiger partial charge in [0.15, 0.2) is 0 Å². The van der Waals surface area contributed by atoms with Crippen LogP contribution in [0.25, 0.3) is 11.8 Å². The van der Waals surface area contributed by atoms with Crippen LogP contribution in [0.1, 0.15) is 16.8 Å². The van der Waals surface area contributed by atoms with E-state index >= 15 is 0 Å². The van der Waals surface area contributed by atoms with Crippen molar-refractivity contribution in [3.8, 4) is 5.69 Å². The monoisotopic (exact) mass is 449 g/mol. The van der Waals surface area contributed by atoms with Gasteiger partial charge in [0.25, 0.3) is 11.1 Å².